The van der Waals surface area contributed by atoms with Crippen LogP contribution in [0.5, 0.6) is 0 Å². The van der Waals surface area contributed by atoms with Crippen LogP contribution in [0.25, 0.3) is 17.0 Å². The van der Waals surface area contributed by atoms with Crippen molar-refractivity contribution in [3.05, 3.63) is 78.9 Å². The van der Waals surface area contributed by atoms with Crippen LogP contribution in [0.4, 0.5) is 0 Å². The van der Waals surface area contributed by atoms with Crippen LogP contribution in [0.1, 0.15) is 64.0 Å². The predicted octanol–water partition coefficient (Wildman–Crippen LogP) is 6.35. The van der Waals surface area contributed by atoms with Crippen molar-refractivity contribution in [1.82, 2.24) is 19.7 Å². The summed E-state index contributed by atoms with van der Waals surface area (Å²) in [7, 11) is 2.04. The van der Waals surface area contributed by atoms with E-state index in [4.69, 9.17) is 5.10 Å². The Morgan fingerprint density at radius 1 is 1.27 bits per heavy atom. The van der Waals surface area contributed by atoms with Crippen molar-refractivity contribution in [1.29, 1.82) is 0 Å². The molecule has 5 nitrogen and oxygen atoms in total. The number of nitrogens with zero attached hydrogens (tertiary/aromatic N) is 4. The average Bonchev–Trinajstić information content (AvgIpc) is 3.27. The number of Topliss-reactive ketones (excluding diaryl/α,β-unsaturated/α-hetero) is 1. The second-order valence-corrected chi connectivity index (χ2v) is 9.26. The van der Waals surface area contributed by atoms with Crippen LogP contribution < -0.4 is 0 Å². The molecule has 2 aromatic heterocycles. The Labute approximate surface area is 197 Å². The molecule has 0 aromatic carbocycles. The van der Waals surface area contributed by atoms with Gasteiger partial charge in [-0.05, 0) is 63.3 Å². The minimum Gasteiger partial charge on any atom is -0.350 e. The molecule has 33 heavy (non-hydrogen) atoms. The number of likely N-dealkylation sites (N-methyl/N-ethyl adjacent to an activating group) is 1. The van der Waals surface area contributed by atoms with E-state index in [1.54, 1.807) is 13.0 Å². The van der Waals surface area contributed by atoms with Gasteiger partial charge in [0.2, 0.25) is 0 Å². The fourth-order valence-corrected chi connectivity index (χ4v) is 5.23. The maximum Gasteiger partial charge on any atom is 0.135 e. The number of carbonyl (C=O) groups is 1. The SMILES string of the molecule is C=C/C=C1/C=CC(c2cn(C3CCC(CCC)(C(C)=O)CC3)nc2-c2ccccn2)=CN1C. The van der Waals surface area contributed by atoms with E-state index in [0.717, 1.165) is 66.7 Å². The summed E-state index contributed by atoms with van der Waals surface area (Å²) >= 11 is 0. The summed E-state index contributed by atoms with van der Waals surface area (Å²) < 4.78 is 2.12. The maximum atomic E-state index is 12.4. The number of ketones is 1. The van der Waals surface area contributed by atoms with Crippen LogP contribution in [0.15, 0.2) is 73.4 Å². The van der Waals surface area contributed by atoms with E-state index in [2.05, 4.69) is 52.6 Å². The van der Waals surface area contributed by atoms with Gasteiger partial charge >= 0.3 is 0 Å². The van der Waals surface area contributed by atoms with Crippen molar-refractivity contribution in [3.8, 4) is 11.4 Å². The van der Waals surface area contributed by atoms with Crippen LogP contribution >= 0.6 is 0 Å². The summed E-state index contributed by atoms with van der Waals surface area (Å²) in [6.07, 6.45) is 20.0. The number of hydrogen-bond acceptors (Lipinski definition) is 4. The molecule has 0 bridgehead atoms. The third kappa shape index (κ3) is 4.63. The molecule has 0 atom stereocenters. The lowest BCUT2D eigenvalue weighted by Gasteiger charge is -2.38. The molecular weight excluding hydrogens is 408 g/mol. The normalized spacial score (nSPS) is 24.1. The first-order valence-electron chi connectivity index (χ1n) is 11.9. The summed E-state index contributed by atoms with van der Waals surface area (Å²) in [6.45, 7) is 7.75. The predicted molar refractivity (Wildman–Crippen MR) is 134 cm³/mol. The first-order chi connectivity index (χ1) is 16.0. The van der Waals surface area contributed by atoms with Gasteiger partial charge in [0, 0.05) is 47.9 Å². The summed E-state index contributed by atoms with van der Waals surface area (Å²) in [5, 5.41) is 5.04. The molecule has 1 fully saturated rings. The number of carbonyl (C=O) groups excluding carboxylic acids is 1. The fourth-order valence-electron chi connectivity index (χ4n) is 5.23. The van der Waals surface area contributed by atoms with E-state index in [9.17, 15) is 4.79 Å². The van der Waals surface area contributed by atoms with Crippen molar-refractivity contribution >= 4 is 11.4 Å². The van der Waals surface area contributed by atoms with Gasteiger partial charge < -0.3 is 4.90 Å². The summed E-state index contributed by atoms with van der Waals surface area (Å²) in [4.78, 5) is 19.1. The second-order valence-electron chi connectivity index (χ2n) is 9.26. The Kier molecular flexibility index (Phi) is 6.77. The lowest BCUT2D eigenvalue weighted by atomic mass is 9.67. The van der Waals surface area contributed by atoms with E-state index < -0.39 is 0 Å². The Bertz CT molecular complexity index is 1100. The van der Waals surface area contributed by atoms with E-state index in [1.807, 2.05) is 37.5 Å². The number of allylic oxidation sites excluding steroid dienone is 5. The summed E-state index contributed by atoms with van der Waals surface area (Å²) in [5.41, 5.74) is 4.89. The molecule has 0 saturated heterocycles. The Morgan fingerprint density at radius 2 is 2.06 bits per heavy atom. The minimum atomic E-state index is -0.143. The first kappa shape index (κ1) is 23.0. The van der Waals surface area contributed by atoms with Crippen LogP contribution in [-0.2, 0) is 4.79 Å². The van der Waals surface area contributed by atoms with Crippen LogP contribution in [0, 0.1) is 5.41 Å². The molecule has 2 aliphatic rings. The van der Waals surface area contributed by atoms with Gasteiger partial charge in [-0.2, -0.15) is 5.10 Å². The largest absolute Gasteiger partial charge is 0.350 e. The lowest BCUT2D eigenvalue weighted by Crippen LogP contribution is -2.34. The van der Waals surface area contributed by atoms with E-state index in [-0.39, 0.29) is 5.41 Å². The zero-order valence-electron chi connectivity index (χ0n) is 20.0. The van der Waals surface area contributed by atoms with Gasteiger partial charge in [-0.25, -0.2) is 0 Å². The van der Waals surface area contributed by atoms with Gasteiger partial charge in [-0.15, -0.1) is 0 Å². The Morgan fingerprint density at radius 3 is 2.67 bits per heavy atom. The molecule has 1 aliphatic carbocycles. The molecule has 0 radical (unpaired) electrons. The number of pyridine rings is 1. The van der Waals surface area contributed by atoms with E-state index in [0.29, 0.717) is 11.8 Å². The molecule has 0 spiro atoms. The zero-order chi connectivity index (χ0) is 23.4. The number of rotatable bonds is 7. The number of aromatic nitrogens is 3. The Hall–Kier alpha value is -3.21. The second kappa shape index (κ2) is 9.74. The third-order valence-electron chi connectivity index (χ3n) is 7.17. The number of hydrogen-bond donors (Lipinski definition) is 0. The maximum absolute atomic E-state index is 12.4. The van der Waals surface area contributed by atoms with Crippen LogP contribution in [0.3, 0.4) is 0 Å². The summed E-state index contributed by atoms with van der Waals surface area (Å²) in [5.74, 6) is 0.349. The van der Waals surface area contributed by atoms with Crippen molar-refractivity contribution < 1.29 is 4.79 Å². The highest BCUT2D eigenvalue weighted by atomic mass is 16.1. The van der Waals surface area contributed by atoms with Crippen LogP contribution in [-0.4, -0.2) is 32.5 Å². The molecule has 4 rings (SSSR count). The smallest absolute Gasteiger partial charge is 0.135 e. The van der Waals surface area contributed by atoms with Crippen molar-refractivity contribution in [3.63, 3.8) is 0 Å². The van der Waals surface area contributed by atoms with Gasteiger partial charge in [-0.1, -0.05) is 38.1 Å². The van der Waals surface area contributed by atoms with Gasteiger partial charge in [0.05, 0.1) is 11.7 Å². The highest BCUT2D eigenvalue weighted by Gasteiger charge is 2.39. The minimum absolute atomic E-state index is 0.143. The molecule has 1 aliphatic heterocycles. The molecule has 0 N–H and O–H groups in total. The van der Waals surface area contributed by atoms with E-state index >= 15 is 0 Å². The van der Waals surface area contributed by atoms with Crippen LogP contribution in [0.2, 0.25) is 0 Å². The lowest BCUT2D eigenvalue weighted by molar-refractivity contribution is -0.129. The average molecular weight is 443 g/mol. The van der Waals surface area contributed by atoms with Gasteiger partial charge in [0.1, 0.15) is 11.5 Å². The first-order valence-corrected chi connectivity index (χ1v) is 11.9. The molecule has 0 amide bonds. The van der Waals surface area contributed by atoms with Gasteiger partial charge in [0.25, 0.3) is 0 Å². The molecule has 0 unspecified atom stereocenters. The van der Waals surface area contributed by atoms with E-state index in [1.165, 1.54) is 0 Å². The van der Waals surface area contributed by atoms with Crippen molar-refractivity contribution in [2.24, 2.45) is 5.41 Å². The fraction of sp³-hybridized carbons (Fsp3) is 0.393. The molecule has 2 aromatic rings. The standard InChI is InChI=1S/C28H34N4O/c1-5-9-23-12-11-22(19-31(23)4)25-20-32(30-27(25)26-10-7-8-18-29-26)24-13-16-28(15-6-2,17-14-24)21(3)33/h5,7-12,18-20,24H,1,6,13-17H2,2-4H3/b23-9-. The highest BCUT2D eigenvalue weighted by molar-refractivity contribution is 5.84. The van der Waals surface area contributed by atoms with Crippen molar-refractivity contribution in [2.75, 3.05) is 7.05 Å². The molecule has 1 saturated carbocycles. The quantitative estimate of drug-likeness (QED) is 0.501. The summed E-state index contributed by atoms with van der Waals surface area (Å²) in [6, 6.07) is 6.24. The molecule has 3 heterocycles. The van der Waals surface area contributed by atoms with Gasteiger partial charge in [-0.3, -0.25) is 14.5 Å². The monoisotopic (exact) mass is 442 g/mol. The topological polar surface area (TPSA) is 51.0 Å². The molecule has 172 valence electrons. The third-order valence-corrected chi connectivity index (χ3v) is 7.17. The highest BCUT2D eigenvalue weighted by Crippen LogP contribution is 2.45. The zero-order valence-corrected chi connectivity index (χ0v) is 20.0. The van der Waals surface area contributed by atoms with Gasteiger partial charge in [0.15, 0.2) is 0 Å². The van der Waals surface area contributed by atoms with Crippen molar-refractivity contribution in [2.45, 2.75) is 58.4 Å². The molecule has 5 heteroatoms. The Balaban J connectivity index is 1.67. The molecular formula is C28H34N4O.